The number of para-hydroxylation sites is 1. The lowest BCUT2D eigenvalue weighted by Crippen LogP contribution is -2.62. The smallest absolute Gasteiger partial charge is 0.0674 e. The molecule has 3 aliphatic rings. The first-order chi connectivity index (χ1) is 12.8. The summed E-state index contributed by atoms with van der Waals surface area (Å²) in [6.07, 6.45) is 7.00. The molecule has 26 heavy (non-hydrogen) atoms. The van der Waals surface area contributed by atoms with Crippen LogP contribution in [0.3, 0.4) is 0 Å². The molecule has 0 N–H and O–H groups in total. The van der Waals surface area contributed by atoms with E-state index in [1.54, 1.807) is 0 Å². The van der Waals surface area contributed by atoms with Gasteiger partial charge in [0, 0.05) is 50.0 Å². The number of hydrogen-bond donors (Lipinski definition) is 0. The van der Waals surface area contributed by atoms with Crippen molar-refractivity contribution < 1.29 is 4.74 Å². The average Bonchev–Trinajstić information content (AvgIpc) is 3.41. The average molecular weight is 352 g/mol. The lowest BCUT2D eigenvalue weighted by atomic mass is 10.0. The highest BCUT2D eigenvalue weighted by molar-refractivity contribution is 5.39. The second-order valence-electron chi connectivity index (χ2n) is 8.15. The third-order valence-corrected chi connectivity index (χ3v) is 6.21. The highest BCUT2D eigenvalue weighted by Gasteiger charge is 2.42. The summed E-state index contributed by atoms with van der Waals surface area (Å²) in [5.74, 6) is 0.900. The predicted octanol–water partition coefficient (Wildman–Crippen LogP) is 2.48. The second-order valence-corrected chi connectivity index (χ2v) is 8.15. The summed E-state index contributed by atoms with van der Waals surface area (Å²) in [6, 6.07) is 9.65. The van der Waals surface area contributed by atoms with Gasteiger partial charge in [0.25, 0.3) is 0 Å². The first-order valence-corrected chi connectivity index (χ1v) is 9.93. The molecule has 1 aliphatic carbocycles. The number of rotatable bonds is 4. The molecule has 0 spiro atoms. The number of ether oxygens (including phenoxy) is 1. The molecule has 1 saturated carbocycles. The van der Waals surface area contributed by atoms with Crippen LogP contribution in [-0.2, 0) is 11.3 Å². The maximum atomic E-state index is 5.94. The zero-order chi connectivity index (χ0) is 17.5. The fourth-order valence-electron chi connectivity index (χ4n) is 4.62. The van der Waals surface area contributed by atoms with Crippen molar-refractivity contribution in [2.75, 3.05) is 32.8 Å². The van der Waals surface area contributed by atoms with Gasteiger partial charge in [0.2, 0.25) is 0 Å². The van der Waals surface area contributed by atoms with Gasteiger partial charge in [0.15, 0.2) is 0 Å². The van der Waals surface area contributed by atoms with Gasteiger partial charge in [-0.2, -0.15) is 5.10 Å². The molecule has 2 atom stereocenters. The molecule has 2 aliphatic heterocycles. The van der Waals surface area contributed by atoms with Crippen LogP contribution in [0.4, 0.5) is 0 Å². The number of hydrogen-bond acceptors (Lipinski definition) is 4. The normalized spacial score (nSPS) is 27.4. The molecule has 2 aromatic rings. The maximum absolute atomic E-state index is 5.94. The molecule has 5 nitrogen and oxygen atoms in total. The van der Waals surface area contributed by atoms with Crippen LogP contribution < -0.4 is 0 Å². The zero-order valence-corrected chi connectivity index (χ0v) is 15.6. The molecule has 1 aromatic heterocycles. The van der Waals surface area contributed by atoms with Gasteiger partial charge < -0.3 is 4.74 Å². The Morgan fingerprint density at radius 2 is 2.04 bits per heavy atom. The van der Waals surface area contributed by atoms with Gasteiger partial charge in [0.1, 0.15) is 0 Å². The van der Waals surface area contributed by atoms with Crippen LogP contribution in [0.15, 0.2) is 36.7 Å². The summed E-state index contributed by atoms with van der Waals surface area (Å²) < 4.78 is 7.95. The van der Waals surface area contributed by atoms with Crippen LogP contribution in [0, 0.1) is 12.8 Å². The molecule has 0 bridgehead atoms. The van der Waals surface area contributed by atoms with Gasteiger partial charge in [-0.05, 0) is 37.3 Å². The third kappa shape index (κ3) is 3.20. The van der Waals surface area contributed by atoms with Crippen LogP contribution in [0.25, 0.3) is 5.69 Å². The fraction of sp³-hybridized carbons (Fsp3) is 0.571. The highest BCUT2D eigenvalue weighted by Crippen LogP contribution is 2.38. The number of piperazine rings is 1. The lowest BCUT2D eigenvalue weighted by Gasteiger charge is -2.48. The number of fused-ring (bicyclic) bond motifs is 1. The van der Waals surface area contributed by atoms with Gasteiger partial charge in [0.05, 0.1) is 25.1 Å². The third-order valence-electron chi connectivity index (χ3n) is 6.21. The van der Waals surface area contributed by atoms with Crippen molar-refractivity contribution >= 4 is 0 Å². The molecule has 1 aromatic carbocycles. The van der Waals surface area contributed by atoms with Crippen molar-refractivity contribution in [3.05, 3.63) is 47.8 Å². The van der Waals surface area contributed by atoms with Crippen LogP contribution in [0.2, 0.25) is 0 Å². The van der Waals surface area contributed by atoms with E-state index in [2.05, 4.69) is 52.3 Å². The predicted molar refractivity (Wildman–Crippen MR) is 101 cm³/mol. The van der Waals surface area contributed by atoms with Gasteiger partial charge in [-0.3, -0.25) is 9.80 Å². The van der Waals surface area contributed by atoms with Gasteiger partial charge in [-0.25, -0.2) is 4.68 Å². The summed E-state index contributed by atoms with van der Waals surface area (Å²) in [5, 5.41) is 4.59. The summed E-state index contributed by atoms with van der Waals surface area (Å²) in [5.41, 5.74) is 3.70. The van der Waals surface area contributed by atoms with E-state index in [4.69, 9.17) is 4.74 Å². The van der Waals surface area contributed by atoms with E-state index < -0.39 is 0 Å². The van der Waals surface area contributed by atoms with E-state index in [1.807, 2.05) is 10.9 Å². The van der Waals surface area contributed by atoms with E-state index in [1.165, 1.54) is 30.5 Å². The van der Waals surface area contributed by atoms with E-state index >= 15 is 0 Å². The van der Waals surface area contributed by atoms with Crippen molar-refractivity contribution in [2.45, 2.75) is 38.4 Å². The number of benzene rings is 1. The van der Waals surface area contributed by atoms with Crippen molar-refractivity contribution in [2.24, 2.45) is 5.92 Å². The van der Waals surface area contributed by atoms with Crippen LogP contribution in [0.5, 0.6) is 0 Å². The minimum absolute atomic E-state index is 0.564. The van der Waals surface area contributed by atoms with E-state index in [0.29, 0.717) is 12.1 Å². The first kappa shape index (κ1) is 16.5. The summed E-state index contributed by atoms with van der Waals surface area (Å²) in [7, 11) is 0. The molecule has 0 radical (unpaired) electrons. The molecular formula is C21H28N4O. The monoisotopic (exact) mass is 352 g/mol. The molecule has 3 fully saturated rings. The van der Waals surface area contributed by atoms with Crippen LogP contribution in [-0.4, -0.2) is 64.5 Å². The molecule has 5 rings (SSSR count). The van der Waals surface area contributed by atoms with Crippen molar-refractivity contribution in [1.29, 1.82) is 0 Å². The Bertz CT molecular complexity index is 769. The van der Waals surface area contributed by atoms with Crippen LogP contribution in [0.1, 0.15) is 24.0 Å². The Labute approximate surface area is 155 Å². The topological polar surface area (TPSA) is 33.5 Å². The minimum atomic E-state index is 0.564. The summed E-state index contributed by atoms with van der Waals surface area (Å²) in [4.78, 5) is 5.31. The number of morpholine rings is 1. The summed E-state index contributed by atoms with van der Waals surface area (Å²) >= 11 is 0. The lowest BCUT2D eigenvalue weighted by molar-refractivity contribution is -0.0880. The molecular weight excluding hydrogens is 324 g/mol. The number of aryl methyl sites for hydroxylation is 1. The molecule has 138 valence electrons. The maximum Gasteiger partial charge on any atom is 0.0674 e. The standard InChI is InChI=1S/C21H28N4O/c1-16-4-2-3-5-20(16)25-12-17(10-22-25)11-23-8-9-24-19(13-23)14-26-15-21(24)18-6-7-18/h2-5,10,12,18-19,21H,6-9,11,13-15H2,1H3/t19-,21-/m1/s1. The molecule has 5 heteroatoms. The minimum Gasteiger partial charge on any atom is -0.378 e. The Kier molecular flexibility index (Phi) is 4.31. The molecule has 0 amide bonds. The van der Waals surface area contributed by atoms with Crippen molar-refractivity contribution in [1.82, 2.24) is 19.6 Å². The van der Waals surface area contributed by atoms with Crippen molar-refractivity contribution in [3.8, 4) is 5.69 Å². The zero-order valence-electron chi connectivity index (χ0n) is 15.6. The summed E-state index contributed by atoms with van der Waals surface area (Å²) in [6.45, 7) is 8.39. The highest BCUT2D eigenvalue weighted by atomic mass is 16.5. The molecule has 2 saturated heterocycles. The number of aromatic nitrogens is 2. The second kappa shape index (κ2) is 6.80. The van der Waals surface area contributed by atoms with Gasteiger partial charge in [-0.15, -0.1) is 0 Å². The van der Waals surface area contributed by atoms with Crippen LogP contribution >= 0.6 is 0 Å². The van der Waals surface area contributed by atoms with E-state index in [9.17, 15) is 0 Å². The van der Waals surface area contributed by atoms with Crippen molar-refractivity contribution in [3.63, 3.8) is 0 Å². The first-order valence-electron chi connectivity index (χ1n) is 9.93. The SMILES string of the molecule is Cc1ccccc1-n1cc(CN2CCN3[C@@H](COC[C@@H]3C3CC3)C2)cn1. The number of nitrogens with zero attached hydrogens (tertiary/aromatic N) is 4. The molecule has 0 unspecified atom stereocenters. The molecule has 3 heterocycles. The van der Waals surface area contributed by atoms with E-state index in [-0.39, 0.29) is 0 Å². The quantitative estimate of drug-likeness (QED) is 0.846. The largest absolute Gasteiger partial charge is 0.378 e. The van der Waals surface area contributed by atoms with Gasteiger partial charge in [-0.1, -0.05) is 18.2 Å². The Hall–Kier alpha value is -1.69. The van der Waals surface area contributed by atoms with Gasteiger partial charge >= 0.3 is 0 Å². The Morgan fingerprint density at radius 1 is 1.15 bits per heavy atom. The Morgan fingerprint density at radius 3 is 2.88 bits per heavy atom. The van der Waals surface area contributed by atoms with E-state index in [0.717, 1.165) is 44.5 Å². The fourth-order valence-corrected chi connectivity index (χ4v) is 4.62. The Balaban J connectivity index is 1.24.